The van der Waals surface area contributed by atoms with Crippen molar-refractivity contribution in [2.75, 3.05) is 26.2 Å². The number of nitrogens with zero attached hydrogens (tertiary/aromatic N) is 1. The van der Waals surface area contributed by atoms with Gasteiger partial charge in [-0.15, -0.1) is 0 Å². The molecule has 2 rings (SSSR count). The summed E-state index contributed by atoms with van der Waals surface area (Å²) in [7, 11) is 0. The van der Waals surface area contributed by atoms with E-state index in [1.807, 2.05) is 0 Å². The molecule has 1 aromatic carbocycles. The van der Waals surface area contributed by atoms with E-state index >= 15 is 0 Å². The highest BCUT2D eigenvalue weighted by Gasteiger charge is 2.17. The molecule has 0 radical (unpaired) electrons. The minimum absolute atomic E-state index is 0.0732. The number of rotatable bonds is 3. The summed E-state index contributed by atoms with van der Waals surface area (Å²) in [6.45, 7) is 5.62. The molecule has 0 bridgehead atoms. The Morgan fingerprint density at radius 1 is 1.44 bits per heavy atom. The highest BCUT2D eigenvalue weighted by atomic mass is 19.1. The topological polar surface area (TPSA) is 38.5 Å². The second-order valence-electron chi connectivity index (χ2n) is 4.95. The highest BCUT2D eigenvalue weighted by Crippen LogP contribution is 2.14. The molecule has 1 saturated heterocycles. The summed E-state index contributed by atoms with van der Waals surface area (Å²) >= 11 is 0. The fraction of sp³-hybridized carbons (Fsp3) is 0.571. The van der Waals surface area contributed by atoms with Gasteiger partial charge in [-0.05, 0) is 31.0 Å². The predicted octanol–water partition coefficient (Wildman–Crippen LogP) is 1.94. The Morgan fingerprint density at radius 2 is 2.17 bits per heavy atom. The average molecular weight is 252 g/mol. The van der Waals surface area contributed by atoms with E-state index in [2.05, 4.69) is 11.8 Å². The Morgan fingerprint density at radius 3 is 2.89 bits per heavy atom. The van der Waals surface area contributed by atoms with Crippen LogP contribution in [0.25, 0.3) is 0 Å². The van der Waals surface area contributed by atoms with Gasteiger partial charge in [0.05, 0.1) is 6.10 Å². The molecular formula is C14H21FN2O. The molecule has 1 aliphatic rings. The fourth-order valence-electron chi connectivity index (χ4n) is 2.34. The highest BCUT2D eigenvalue weighted by molar-refractivity contribution is 5.19. The fourth-order valence-corrected chi connectivity index (χ4v) is 2.34. The quantitative estimate of drug-likeness (QED) is 0.893. The van der Waals surface area contributed by atoms with Crippen LogP contribution >= 0.6 is 0 Å². The Hall–Kier alpha value is -0.970. The standard InChI is InChI=1S/C14H21FN2O/c1-11-9-17(7-2-8-18-11)10-14(16)12-3-5-13(15)6-4-12/h3-6,11,14H,2,7-10,16H2,1H3. The van der Waals surface area contributed by atoms with Crippen LogP contribution in [0.3, 0.4) is 0 Å². The first kappa shape index (κ1) is 13.5. The van der Waals surface area contributed by atoms with E-state index in [1.54, 1.807) is 12.1 Å². The van der Waals surface area contributed by atoms with Crippen LogP contribution in [0, 0.1) is 5.82 Å². The van der Waals surface area contributed by atoms with Gasteiger partial charge in [0, 0.05) is 32.3 Å². The Balaban J connectivity index is 1.93. The van der Waals surface area contributed by atoms with Gasteiger partial charge in [0.2, 0.25) is 0 Å². The largest absolute Gasteiger partial charge is 0.377 e. The molecule has 18 heavy (non-hydrogen) atoms. The Labute approximate surface area is 108 Å². The molecule has 1 aliphatic heterocycles. The Kier molecular flexibility index (Phi) is 4.69. The minimum atomic E-state index is -0.220. The number of ether oxygens (including phenoxy) is 1. The lowest BCUT2D eigenvalue weighted by atomic mass is 10.1. The molecule has 2 atom stereocenters. The first-order valence-corrected chi connectivity index (χ1v) is 6.50. The molecule has 0 spiro atoms. The van der Waals surface area contributed by atoms with E-state index < -0.39 is 0 Å². The second-order valence-corrected chi connectivity index (χ2v) is 4.95. The molecule has 2 N–H and O–H groups in total. The van der Waals surface area contributed by atoms with Gasteiger partial charge in [-0.2, -0.15) is 0 Å². The summed E-state index contributed by atoms with van der Waals surface area (Å²) in [5.41, 5.74) is 7.15. The van der Waals surface area contributed by atoms with E-state index in [0.717, 1.165) is 38.2 Å². The zero-order valence-corrected chi connectivity index (χ0v) is 10.8. The predicted molar refractivity (Wildman–Crippen MR) is 69.8 cm³/mol. The number of hydrogen-bond acceptors (Lipinski definition) is 3. The van der Waals surface area contributed by atoms with Crippen molar-refractivity contribution in [2.45, 2.75) is 25.5 Å². The number of nitrogens with two attached hydrogens (primary N) is 1. The first-order chi connectivity index (χ1) is 8.65. The van der Waals surface area contributed by atoms with Crippen molar-refractivity contribution in [1.82, 2.24) is 4.90 Å². The molecule has 1 aromatic rings. The molecule has 1 fully saturated rings. The molecule has 2 unspecified atom stereocenters. The van der Waals surface area contributed by atoms with Crippen molar-refractivity contribution < 1.29 is 9.13 Å². The van der Waals surface area contributed by atoms with Gasteiger partial charge in [0.25, 0.3) is 0 Å². The molecule has 0 saturated carbocycles. The lowest BCUT2D eigenvalue weighted by Crippen LogP contribution is -2.36. The average Bonchev–Trinajstić information content (AvgIpc) is 2.54. The molecule has 0 aromatic heterocycles. The molecule has 1 heterocycles. The summed E-state index contributed by atoms with van der Waals surface area (Å²) in [6, 6.07) is 6.37. The molecule has 0 aliphatic carbocycles. The number of hydrogen-bond donors (Lipinski definition) is 1. The van der Waals surface area contributed by atoms with Crippen molar-refractivity contribution in [2.24, 2.45) is 5.73 Å². The molecular weight excluding hydrogens is 231 g/mol. The van der Waals surface area contributed by atoms with Crippen molar-refractivity contribution in [1.29, 1.82) is 0 Å². The van der Waals surface area contributed by atoms with Crippen LogP contribution < -0.4 is 5.73 Å². The summed E-state index contributed by atoms with van der Waals surface area (Å²) in [4.78, 5) is 2.33. The molecule has 3 nitrogen and oxygen atoms in total. The summed E-state index contributed by atoms with van der Waals surface area (Å²) in [6.07, 6.45) is 1.30. The van der Waals surface area contributed by atoms with Gasteiger partial charge in [0.1, 0.15) is 5.82 Å². The van der Waals surface area contributed by atoms with Gasteiger partial charge in [-0.1, -0.05) is 12.1 Å². The van der Waals surface area contributed by atoms with Gasteiger partial charge >= 0.3 is 0 Å². The van der Waals surface area contributed by atoms with Gasteiger partial charge in [-0.3, -0.25) is 4.90 Å². The van der Waals surface area contributed by atoms with E-state index in [-0.39, 0.29) is 18.0 Å². The third-order valence-corrected chi connectivity index (χ3v) is 3.29. The lowest BCUT2D eigenvalue weighted by molar-refractivity contribution is 0.0670. The maximum atomic E-state index is 12.8. The Bertz CT molecular complexity index is 369. The van der Waals surface area contributed by atoms with E-state index in [4.69, 9.17) is 10.5 Å². The normalized spacial score (nSPS) is 23.6. The molecule has 4 heteroatoms. The second kappa shape index (κ2) is 6.27. The first-order valence-electron chi connectivity index (χ1n) is 6.50. The third-order valence-electron chi connectivity index (χ3n) is 3.29. The molecule has 0 amide bonds. The SMILES string of the molecule is CC1CN(CC(N)c2ccc(F)cc2)CCCO1. The van der Waals surface area contributed by atoms with Crippen LogP contribution in [-0.2, 0) is 4.74 Å². The number of benzene rings is 1. The zero-order valence-electron chi connectivity index (χ0n) is 10.8. The van der Waals surface area contributed by atoms with Gasteiger partial charge in [0.15, 0.2) is 0 Å². The van der Waals surface area contributed by atoms with Crippen LogP contribution in [0.15, 0.2) is 24.3 Å². The van der Waals surface area contributed by atoms with Crippen LogP contribution in [0.5, 0.6) is 0 Å². The number of halogens is 1. The van der Waals surface area contributed by atoms with Gasteiger partial charge < -0.3 is 10.5 Å². The van der Waals surface area contributed by atoms with E-state index in [9.17, 15) is 4.39 Å². The lowest BCUT2D eigenvalue weighted by Gasteiger charge is -2.25. The summed E-state index contributed by atoms with van der Waals surface area (Å²) in [5.74, 6) is -0.220. The van der Waals surface area contributed by atoms with Crippen LogP contribution in [0.2, 0.25) is 0 Å². The van der Waals surface area contributed by atoms with Crippen molar-refractivity contribution in [3.63, 3.8) is 0 Å². The van der Waals surface area contributed by atoms with Crippen LogP contribution in [0.1, 0.15) is 24.9 Å². The van der Waals surface area contributed by atoms with Crippen molar-refractivity contribution in [3.05, 3.63) is 35.6 Å². The zero-order chi connectivity index (χ0) is 13.0. The van der Waals surface area contributed by atoms with Crippen molar-refractivity contribution in [3.8, 4) is 0 Å². The maximum Gasteiger partial charge on any atom is 0.123 e. The van der Waals surface area contributed by atoms with E-state index in [1.165, 1.54) is 12.1 Å². The molecule has 100 valence electrons. The monoisotopic (exact) mass is 252 g/mol. The van der Waals surface area contributed by atoms with Gasteiger partial charge in [-0.25, -0.2) is 4.39 Å². The van der Waals surface area contributed by atoms with Crippen molar-refractivity contribution >= 4 is 0 Å². The van der Waals surface area contributed by atoms with Crippen LogP contribution in [0.4, 0.5) is 4.39 Å². The maximum absolute atomic E-state index is 12.8. The van der Waals surface area contributed by atoms with E-state index in [0.29, 0.717) is 0 Å². The third kappa shape index (κ3) is 3.77. The summed E-state index contributed by atoms with van der Waals surface area (Å²) < 4.78 is 18.4. The minimum Gasteiger partial charge on any atom is -0.377 e. The summed E-state index contributed by atoms with van der Waals surface area (Å²) in [5, 5.41) is 0. The smallest absolute Gasteiger partial charge is 0.123 e. The van der Waals surface area contributed by atoms with Crippen LogP contribution in [-0.4, -0.2) is 37.2 Å².